The molecule has 2 heterocycles. The zero-order valence-corrected chi connectivity index (χ0v) is 15.7. The topological polar surface area (TPSA) is 66.6 Å². The molecule has 2 aliphatic rings. The van der Waals surface area contributed by atoms with Crippen LogP contribution in [0.25, 0.3) is 0 Å². The second-order valence-corrected chi connectivity index (χ2v) is 8.36. The van der Waals surface area contributed by atoms with Gasteiger partial charge in [-0.2, -0.15) is 0 Å². The van der Waals surface area contributed by atoms with Gasteiger partial charge in [-0.3, -0.25) is 9.59 Å². The second-order valence-electron chi connectivity index (χ2n) is 8.36. The van der Waals surface area contributed by atoms with Gasteiger partial charge in [-0.15, -0.1) is 12.4 Å². The highest BCUT2D eigenvalue weighted by Gasteiger charge is 2.39. The molecule has 0 aliphatic carbocycles. The SMILES string of the molecule is CC1(CN)CCN(C(=O)C2CCCN(C(=O)C(C)(C)C)C2)C1.Cl. The van der Waals surface area contributed by atoms with Crippen molar-refractivity contribution in [2.24, 2.45) is 22.5 Å². The van der Waals surface area contributed by atoms with E-state index in [0.717, 1.165) is 38.9 Å². The summed E-state index contributed by atoms with van der Waals surface area (Å²) in [5, 5.41) is 0. The largest absolute Gasteiger partial charge is 0.342 e. The smallest absolute Gasteiger partial charge is 0.227 e. The summed E-state index contributed by atoms with van der Waals surface area (Å²) < 4.78 is 0. The van der Waals surface area contributed by atoms with Gasteiger partial charge in [0.05, 0.1) is 5.92 Å². The monoisotopic (exact) mass is 345 g/mol. The Morgan fingerprint density at radius 1 is 1.22 bits per heavy atom. The lowest BCUT2D eigenvalue weighted by atomic mass is 9.90. The molecule has 0 bridgehead atoms. The van der Waals surface area contributed by atoms with E-state index in [1.165, 1.54) is 0 Å². The van der Waals surface area contributed by atoms with E-state index in [0.29, 0.717) is 13.1 Å². The Hall–Kier alpha value is -0.810. The fourth-order valence-corrected chi connectivity index (χ4v) is 3.47. The highest BCUT2D eigenvalue weighted by molar-refractivity contribution is 5.85. The highest BCUT2D eigenvalue weighted by atomic mass is 35.5. The Morgan fingerprint density at radius 3 is 2.39 bits per heavy atom. The summed E-state index contributed by atoms with van der Waals surface area (Å²) in [6, 6.07) is 0. The summed E-state index contributed by atoms with van der Waals surface area (Å²) in [4.78, 5) is 29.1. The molecular weight excluding hydrogens is 314 g/mol. The van der Waals surface area contributed by atoms with Crippen molar-refractivity contribution in [3.8, 4) is 0 Å². The summed E-state index contributed by atoms with van der Waals surface area (Å²) in [7, 11) is 0. The maximum Gasteiger partial charge on any atom is 0.227 e. The predicted molar refractivity (Wildman–Crippen MR) is 94.4 cm³/mol. The lowest BCUT2D eigenvalue weighted by Crippen LogP contribution is -2.49. The number of halogens is 1. The maximum absolute atomic E-state index is 12.8. The molecule has 2 fully saturated rings. The van der Waals surface area contributed by atoms with E-state index in [1.54, 1.807) is 0 Å². The van der Waals surface area contributed by atoms with Gasteiger partial charge in [-0.25, -0.2) is 0 Å². The summed E-state index contributed by atoms with van der Waals surface area (Å²) in [6.07, 6.45) is 2.79. The van der Waals surface area contributed by atoms with Crippen molar-refractivity contribution in [1.82, 2.24) is 9.80 Å². The van der Waals surface area contributed by atoms with E-state index in [-0.39, 0.29) is 41.0 Å². The number of nitrogens with two attached hydrogens (primary N) is 1. The van der Waals surface area contributed by atoms with Crippen molar-refractivity contribution in [3.63, 3.8) is 0 Å². The molecular formula is C17H32ClN3O2. The van der Waals surface area contributed by atoms with Gasteiger partial charge in [0.1, 0.15) is 0 Å². The molecule has 0 radical (unpaired) electrons. The minimum Gasteiger partial charge on any atom is -0.342 e. The molecule has 6 heteroatoms. The van der Waals surface area contributed by atoms with E-state index in [4.69, 9.17) is 5.73 Å². The van der Waals surface area contributed by atoms with Crippen LogP contribution in [0.1, 0.15) is 47.0 Å². The Labute approximate surface area is 146 Å². The van der Waals surface area contributed by atoms with Crippen molar-refractivity contribution in [2.45, 2.75) is 47.0 Å². The van der Waals surface area contributed by atoms with E-state index >= 15 is 0 Å². The standard InChI is InChI=1S/C17H31N3O2.ClH/c1-16(2,3)15(22)19-8-5-6-13(10-19)14(21)20-9-7-17(4,11-18)12-20;/h13H,5-12,18H2,1-4H3;1H. The van der Waals surface area contributed by atoms with Gasteiger partial charge in [0, 0.05) is 31.6 Å². The molecule has 2 atom stereocenters. The molecule has 0 aromatic carbocycles. The fourth-order valence-electron chi connectivity index (χ4n) is 3.47. The number of likely N-dealkylation sites (tertiary alicyclic amines) is 2. The summed E-state index contributed by atoms with van der Waals surface area (Å²) >= 11 is 0. The molecule has 23 heavy (non-hydrogen) atoms. The number of carbonyl (C=O) groups excluding carboxylic acids is 2. The average molecular weight is 346 g/mol. The van der Waals surface area contributed by atoms with Crippen LogP contribution >= 0.6 is 12.4 Å². The molecule has 2 N–H and O–H groups in total. The van der Waals surface area contributed by atoms with Gasteiger partial charge in [0.25, 0.3) is 0 Å². The van der Waals surface area contributed by atoms with Crippen molar-refractivity contribution in [2.75, 3.05) is 32.7 Å². The predicted octanol–water partition coefficient (Wildman–Crippen LogP) is 1.89. The van der Waals surface area contributed by atoms with Crippen LogP contribution in [0.4, 0.5) is 0 Å². The average Bonchev–Trinajstić information content (AvgIpc) is 2.88. The number of rotatable bonds is 2. The van der Waals surface area contributed by atoms with Crippen LogP contribution in [0.15, 0.2) is 0 Å². The first-order valence-electron chi connectivity index (χ1n) is 8.44. The quantitative estimate of drug-likeness (QED) is 0.831. The highest BCUT2D eigenvalue weighted by Crippen LogP contribution is 2.31. The third-order valence-electron chi connectivity index (χ3n) is 5.06. The zero-order valence-electron chi connectivity index (χ0n) is 14.9. The Bertz CT molecular complexity index is 450. The molecule has 0 saturated carbocycles. The Balaban J connectivity index is 0.00000264. The lowest BCUT2D eigenvalue weighted by Gasteiger charge is -2.37. The van der Waals surface area contributed by atoms with Gasteiger partial charge in [-0.05, 0) is 31.2 Å². The van der Waals surface area contributed by atoms with Crippen molar-refractivity contribution >= 4 is 24.2 Å². The molecule has 2 unspecified atom stereocenters. The maximum atomic E-state index is 12.8. The van der Waals surface area contributed by atoms with Crippen LogP contribution in [-0.2, 0) is 9.59 Å². The molecule has 2 amide bonds. The van der Waals surface area contributed by atoms with Crippen LogP contribution in [0.2, 0.25) is 0 Å². The minimum atomic E-state index is -0.378. The van der Waals surface area contributed by atoms with Crippen LogP contribution in [0.3, 0.4) is 0 Å². The molecule has 0 aromatic rings. The number of nitrogens with zero attached hydrogens (tertiary/aromatic N) is 2. The van der Waals surface area contributed by atoms with E-state index in [9.17, 15) is 9.59 Å². The molecule has 2 aliphatic heterocycles. The first kappa shape index (κ1) is 20.2. The van der Waals surface area contributed by atoms with Crippen molar-refractivity contribution in [3.05, 3.63) is 0 Å². The van der Waals surface area contributed by atoms with Gasteiger partial charge >= 0.3 is 0 Å². The molecule has 2 saturated heterocycles. The minimum absolute atomic E-state index is 0. The second kappa shape index (κ2) is 7.39. The van der Waals surface area contributed by atoms with Gasteiger partial charge in [0.15, 0.2) is 0 Å². The third kappa shape index (κ3) is 4.60. The first-order chi connectivity index (χ1) is 10.2. The summed E-state index contributed by atoms with van der Waals surface area (Å²) in [5.41, 5.74) is 5.51. The number of hydrogen-bond donors (Lipinski definition) is 1. The number of piperidine rings is 1. The van der Waals surface area contributed by atoms with Crippen LogP contribution in [0, 0.1) is 16.7 Å². The van der Waals surface area contributed by atoms with Crippen LogP contribution in [-0.4, -0.2) is 54.3 Å². The van der Waals surface area contributed by atoms with Crippen molar-refractivity contribution in [1.29, 1.82) is 0 Å². The molecule has 134 valence electrons. The van der Waals surface area contributed by atoms with E-state index in [1.807, 2.05) is 30.6 Å². The first-order valence-corrected chi connectivity index (χ1v) is 8.44. The summed E-state index contributed by atoms with van der Waals surface area (Å²) in [6.45, 7) is 11.5. The van der Waals surface area contributed by atoms with Gasteiger partial charge < -0.3 is 15.5 Å². The van der Waals surface area contributed by atoms with Gasteiger partial charge in [0.2, 0.25) is 11.8 Å². The van der Waals surface area contributed by atoms with Crippen LogP contribution < -0.4 is 5.73 Å². The Morgan fingerprint density at radius 2 is 1.87 bits per heavy atom. The lowest BCUT2D eigenvalue weighted by molar-refractivity contribution is -0.145. The number of amides is 2. The normalized spacial score (nSPS) is 28.5. The Kier molecular flexibility index (Phi) is 6.50. The van der Waals surface area contributed by atoms with Gasteiger partial charge in [-0.1, -0.05) is 27.7 Å². The van der Waals surface area contributed by atoms with E-state index in [2.05, 4.69) is 6.92 Å². The summed E-state index contributed by atoms with van der Waals surface area (Å²) in [5.74, 6) is 0.321. The number of hydrogen-bond acceptors (Lipinski definition) is 3. The third-order valence-corrected chi connectivity index (χ3v) is 5.06. The van der Waals surface area contributed by atoms with Crippen LogP contribution in [0.5, 0.6) is 0 Å². The van der Waals surface area contributed by atoms with E-state index < -0.39 is 0 Å². The molecule has 5 nitrogen and oxygen atoms in total. The van der Waals surface area contributed by atoms with Crippen molar-refractivity contribution < 1.29 is 9.59 Å². The zero-order chi connectivity index (χ0) is 16.5. The molecule has 0 aromatic heterocycles. The molecule has 0 spiro atoms. The number of carbonyl (C=O) groups is 2. The fraction of sp³-hybridized carbons (Fsp3) is 0.882. The molecule has 2 rings (SSSR count).